The van der Waals surface area contributed by atoms with Crippen LogP contribution in [-0.4, -0.2) is 29.2 Å². The largest absolute Gasteiger partial charge is 0.371 e. The molecular weight excluding hydrogens is 332 g/mol. The van der Waals surface area contributed by atoms with E-state index in [1.54, 1.807) is 0 Å². The third-order valence-corrected chi connectivity index (χ3v) is 5.20. The zero-order valence-corrected chi connectivity index (χ0v) is 16.0. The summed E-state index contributed by atoms with van der Waals surface area (Å²) in [4.78, 5) is 14.9. The number of aromatic nitrogens is 2. The van der Waals surface area contributed by atoms with Crippen molar-refractivity contribution < 1.29 is 4.79 Å². The van der Waals surface area contributed by atoms with Crippen LogP contribution in [0.1, 0.15) is 38.6 Å². The Morgan fingerprint density at radius 3 is 2.52 bits per heavy atom. The molecular formula is C19H26N4OS. The van der Waals surface area contributed by atoms with Crippen molar-refractivity contribution in [2.75, 3.05) is 23.3 Å². The highest BCUT2D eigenvalue weighted by Crippen LogP contribution is 2.27. The van der Waals surface area contributed by atoms with Gasteiger partial charge in [0.05, 0.1) is 0 Å². The van der Waals surface area contributed by atoms with Gasteiger partial charge in [-0.1, -0.05) is 50.3 Å². The summed E-state index contributed by atoms with van der Waals surface area (Å²) in [5.41, 5.74) is 1.41. The van der Waals surface area contributed by atoms with Gasteiger partial charge in [-0.2, -0.15) is 0 Å². The number of para-hydroxylation sites is 1. The molecule has 25 heavy (non-hydrogen) atoms. The summed E-state index contributed by atoms with van der Waals surface area (Å²) in [7, 11) is 0. The van der Waals surface area contributed by atoms with E-state index >= 15 is 0 Å². The predicted octanol–water partition coefficient (Wildman–Crippen LogP) is 3.98. The summed E-state index contributed by atoms with van der Waals surface area (Å²) in [6, 6.07) is 10.4. The molecule has 134 valence electrons. The third kappa shape index (κ3) is 5.01. The molecule has 0 aliphatic carbocycles. The molecule has 1 N–H and O–H groups in total. The molecule has 0 atom stereocenters. The van der Waals surface area contributed by atoms with E-state index in [9.17, 15) is 4.79 Å². The number of nitrogens with zero attached hydrogens (tertiary/aromatic N) is 3. The molecule has 5 nitrogen and oxygen atoms in total. The maximum atomic E-state index is 12.5. The summed E-state index contributed by atoms with van der Waals surface area (Å²) in [5.74, 6) is 0.126. The molecule has 0 bridgehead atoms. The number of carbonyl (C=O) groups excluding carboxylic acids is 1. The average Bonchev–Trinajstić information content (AvgIpc) is 3.00. The van der Waals surface area contributed by atoms with Gasteiger partial charge in [0.25, 0.3) is 0 Å². The lowest BCUT2D eigenvalue weighted by Gasteiger charge is -2.32. The lowest BCUT2D eigenvalue weighted by atomic mass is 9.93. The second-order valence-electron chi connectivity index (χ2n) is 7.82. The highest BCUT2D eigenvalue weighted by atomic mass is 32.1. The van der Waals surface area contributed by atoms with Crippen molar-refractivity contribution in [3.05, 3.63) is 35.3 Å². The topological polar surface area (TPSA) is 58.1 Å². The van der Waals surface area contributed by atoms with Crippen LogP contribution < -0.4 is 10.2 Å². The normalized spacial score (nSPS) is 16.0. The minimum absolute atomic E-state index is 0.0509. The molecule has 0 unspecified atom stereocenters. The van der Waals surface area contributed by atoms with E-state index in [1.165, 1.54) is 17.0 Å². The molecule has 0 spiro atoms. The molecule has 2 heterocycles. The van der Waals surface area contributed by atoms with Crippen LogP contribution in [0.15, 0.2) is 30.3 Å². The first-order valence-corrected chi connectivity index (χ1v) is 9.66. The van der Waals surface area contributed by atoms with Crippen LogP contribution in [0, 0.1) is 11.3 Å². The molecule has 3 rings (SSSR count). The predicted molar refractivity (Wildman–Crippen MR) is 103 cm³/mol. The molecule has 1 aliphatic heterocycles. The van der Waals surface area contributed by atoms with Gasteiger partial charge in [0, 0.05) is 31.1 Å². The van der Waals surface area contributed by atoms with Gasteiger partial charge >= 0.3 is 0 Å². The maximum Gasteiger partial charge on any atom is 0.229 e. The van der Waals surface area contributed by atoms with Crippen molar-refractivity contribution in [3.8, 4) is 0 Å². The van der Waals surface area contributed by atoms with Crippen LogP contribution >= 0.6 is 11.3 Å². The fourth-order valence-corrected chi connectivity index (χ4v) is 4.12. The summed E-state index contributed by atoms with van der Waals surface area (Å²) in [6.45, 7) is 8.34. The zero-order valence-electron chi connectivity index (χ0n) is 15.2. The first-order chi connectivity index (χ1) is 11.9. The second kappa shape index (κ2) is 7.52. The number of rotatable bonds is 4. The summed E-state index contributed by atoms with van der Waals surface area (Å²) >= 11 is 1.48. The van der Waals surface area contributed by atoms with Gasteiger partial charge in [-0.15, -0.1) is 10.2 Å². The summed E-state index contributed by atoms with van der Waals surface area (Å²) < 4.78 is 0. The minimum Gasteiger partial charge on any atom is -0.371 e. The van der Waals surface area contributed by atoms with Crippen LogP contribution in [0.2, 0.25) is 0 Å². The number of nitrogens with one attached hydrogen (secondary N) is 1. The number of amides is 1. The average molecular weight is 359 g/mol. The number of anilines is 2. The Hall–Kier alpha value is -1.95. The van der Waals surface area contributed by atoms with Gasteiger partial charge in [-0.25, -0.2) is 0 Å². The summed E-state index contributed by atoms with van der Waals surface area (Å²) in [6.07, 6.45) is 2.61. The van der Waals surface area contributed by atoms with Gasteiger partial charge in [0.1, 0.15) is 5.01 Å². The van der Waals surface area contributed by atoms with E-state index in [4.69, 9.17) is 0 Å². The van der Waals surface area contributed by atoms with E-state index in [2.05, 4.69) is 65.5 Å². The standard InChI is InChI=1S/C19H26N4OS/c1-19(2,3)13-16-21-22-18(25-16)20-17(24)14-9-11-23(12-10-14)15-7-5-4-6-8-15/h4-8,14H,9-13H2,1-3H3,(H,20,22,24). The number of carbonyl (C=O) groups is 1. The number of benzene rings is 1. The minimum atomic E-state index is 0.0509. The van der Waals surface area contributed by atoms with Crippen molar-refractivity contribution in [2.24, 2.45) is 11.3 Å². The molecule has 1 aromatic carbocycles. The van der Waals surface area contributed by atoms with E-state index in [-0.39, 0.29) is 17.2 Å². The highest BCUT2D eigenvalue weighted by Gasteiger charge is 2.26. The Labute approximate surface area is 153 Å². The van der Waals surface area contributed by atoms with E-state index in [1.807, 2.05) is 6.07 Å². The molecule has 0 saturated carbocycles. The number of hydrogen-bond acceptors (Lipinski definition) is 5. The molecule has 1 aliphatic rings. The molecule has 1 amide bonds. The van der Waals surface area contributed by atoms with Crippen molar-refractivity contribution in [1.82, 2.24) is 10.2 Å². The van der Waals surface area contributed by atoms with Gasteiger partial charge in [-0.3, -0.25) is 4.79 Å². The zero-order chi connectivity index (χ0) is 17.9. The molecule has 6 heteroatoms. The molecule has 1 saturated heterocycles. The first kappa shape index (κ1) is 17.9. The fraction of sp³-hybridized carbons (Fsp3) is 0.526. The Morgan fingerprint density at radius 1 is 1.20 bits per heavy atom. The smallest absolute Gasteiger partial charge is 0.229 e. The quantitative estimate of drug-likeness (QED) is 0.898. The first-order valence-electron chi connectivity index (χ1n) is 8.84. The van der Waals surface area contributed by atoms with Gasteiger partial charge < -0.3 is 10.2 Å². The van der Waals surface area contributed by atoms with Crippen molar-refractivity contribution in [2.45, 2.75) is 40.0 Å². The molecule has 1 aromatic heterocycles. The third-order valence-electron chi connectivity index (χ3n) is 4.37. The van der Waals surface area contributed by atoms with Crippen LogP contribution in [0.25, 0.3) is 0 Å². The van der Waals surface area contributed by atoms with Gasteiger partial charge in [0.15, 0.2) is 0 Å². The van der Waals surface area contributed by atoms with Crippen LogP contribution in [0.5, 0.6) is 0 Å². The van der Waals surface area contributed by atoms with Crippen molar-refractivity contribution >= 4 is 28.1 Å². The van der Waals surface area contributed by atoms with Crippen molar-refractivity contribution in [3.63, 3.8) is 0 Å². The van der Waals surface area contributed by atoms with E-state index in [0.29, 0.717) is 5.13 Å². The Morgan fingerprint density at radius 2 is 1.88 bits per heavy atom. The molecule has 0 radical (unpaired) electrons. The Kier molecular flexibility index (Phi) is 5.37. The van der Waals surface area contributed by atoms with Crippen LogP contribution in [0.4, 0.5) is 10.8 Å². The fourth-order valence-electron chi connectivity index (χ4n) is 3.08. The van der Waals surface area contributed by atoms with E-state index < -0.39 is 0 Å². The second-order valence-corrected chi connectivity index (χ2v) is 8.89. The Balaban J connectivity index is 1.51. The molecule has 2 aromatic rings. The van der Waals surface area contributed by atoms with Gasteiger partial charge in [0.2, 0.25) is 11.0 Å². The SMILES string of the molecule is CC(C)(C)Cc1nnc(NC(=O)C2CCN(c3ccccc3)CC2)s1. The Bertz CT molecular complexity index is 700. The molecule has 1 fully saturated rings. The van der Waals surface area contributed by atoms with E-state index in [0.717, 1.165) is 37.4 Å². The van der Waals surface area contributed by atoms with Gasteiger partial charge in [-0.05, 0) is 30.4 Å². The monoisotopic (exact) mass is 358 g/mol. The lowest BCUT2D eigenvalue weighted by Crippen LogP contribution is -2.38. The maximum absolute atomic E-state index is 12.5. The van der Waals surface area contributed by atoms with Crippen LogP contribution in [-0.2, 0) is 11.2 Å². The van der Waals surface area contributed by atoms with Crippen LogP contribution in [0.3, 0.4) is 0 Å². The van der Waals surface area contributed by atoms with Crippen molar-refractivity contribution in [1.29, 1.82) is 0 Å². The highest BCUT2D eigenvalue weighted by molar-refractivity contribution is 7.15. The number of hydrogen-bond donors (Lipinski definition) is 1. The lowest BCUT2D eigenvalue weighted by molar-refractivity contribution is -0.120. The summed E-state index contributed by atoms with van der Waals surface area (Å²) in [5, 5.41) is 12.9. The number of piperidine rings is 1.